The fourth-order valence-corrected chi connectivity index (χ4v) is 4.35. The van der Waals surface area contributed by atoms with Crippen molar-refractivity contribution in [1.29, 1.82) is 0 Å². The zero-order valence-electron chi connectivity index (χ0n) is 17.9. The first-order valence-corrected chi connectivity index (χ1v) is 10.6. The molecule has 3 aromatic carbocycles. The van der Waals surface area contributed by atoms with Crippen LogP contribution in [0.3, 0.4) is 0 Å². The summed E-state index contributed by atoms with van der Waals surface area (Å²) in [7, 11) is 1.61. The molecule has 33 heavy (non-hydrogen) atoms. The first kappa shape index (κ1) is 20.7. The molecule has 1 unspecified atom stereocenters. The molecule has 166 valence electrons. The Balaban J connectivity index is 1.33. The van der Waals surface area contributed by atoms with E-state index in [2.05, 4.69) is 10.6 Å². The van der Waals surface area contributed by atoms with E-state index in [-0.39, 0.29) is 30.7 Å². The van der Waals surface area contributed by atoms with E-state index in [1.165, 1.54) is 4.90 Å². The van der Waals surface area contributed by atoms with Crippen molar-refractivity contribution in [3.8, 4) is 5.75 Å². The maximum atomic E-state index is 12.8. The standard InChI is InChI=1S/C25H21N3O5/c1-33-19-6-4-14-10-16(3-2-15(14)12-19)23(30)26-18-5-7-20-17(11-18)13-28(25(20)32)21-8-9-22(29)27-24(21)31/h2-7,10-12,21H,8-9,13H2,1H3,(H,26,30)(H,27,29,31). The third kappa shape index (κ3) is 3.80. The lowest BCUT2D eigenvalue weighted by Gasteiger charge is -2.29. The summed E-state index contributed by atoms with van der Waals surface area (Å²) < 4.78 is 5.24. The number of benzene rings is 3. The lowest BCUT2D eigenvalue weighted by atomic mass is 10.0. The number of amides is 4. The predicted molar refractivity (Wildman–Crippen MR) is 121 cm³/mol. The summed E-state index contributed by atoms with van der Waals surface area (Å²) in [5, 5.41) is 7.06. The Morgan fingerprint density at radius 2 is 1.82 bits per heavy atom. The molecule has 0 aromatic heterocycles. The van der Waals surface area contributed by atoms with Gasteiger partial charge in [0.05, 0.1) is 7.11 Å². The molecule has 2 aliphatic heterocycles. The maximum Gasteiger partial charge on any atom is 0.255 e. The third-order valence-electron chi connectivity index (χ3n) is 6.09. The summed E-state index contributed by atoms with van der Waals surface area (Å²) in [6, 6.07) is 15.5. The van der Waals surface area contributed by atoms with Gasteiger partial charge in [-0.3, -0.25) is 24.5 Å². The van der Waals surface area contributed by atoms with Crippen molar-refractivity contribution in [1.82, 2.24) is 10.2 Å². The minimum absolute atomic E-state index is 0.205. The Kier molecular flexibility index (Phi) is 5.05. The second-order valence-electron chi connectivity index (χ2n) is 8.15. The Morgan fingerprint density at radius 1 is 1.03 bits per heavy atom. The lowest BCUT2D eigenvalue weighted by Crippen LogP contribution is -2.52. The van der Waals surface area contributed by atoms with Crippen molar-refractivity contribution >= 4 is 40.1 Å². The number of carbonyl (C=O) groups excluding carboxylic acids is 4. The number of nitrogens with one attached hydrogen (secondary N) is 2. The number of nitrogens with zero attached hydrogens (tertiary/aromatic N) is 1. The molecule has 5 rings (SSSR count). The SMILES string of the molecule is COc1ccc2cc(C(=O)Nc3ccc4c(c3)CN(C3CCC(=O)NC3=O)C4=O)ccc2c1. The van der Waals surface area contributed by atoms with Crippen molar-refractivity contribution < 1.29 is 23.9 Å². The van der Waals surface area contributed by atoms with Crippen molar-refractivity contribution in [3.63, 3.8) is 0 Å². The average Bonchev–Trinajstić information content (AvgIpc) is 3.13. The minimum Gasteiger partial charge on any atom is -0.497 e. The zero-order chi connectivity index (χ0) is 23.1. The van der Waals surface area contributed by atoms with Crippen molar-refractivity contribution in [2.24, 2.45) is 0 Å². The summed E-state index contributed by atoms with van der Waals surface area (Å²) in [6.45, 7) is 0.252. The number of fused-ring (bicyclic) bond motifs is 2. The molecule has 0 radical (unpaired) electrons. The predicted octanol–water partition coefficient (Wildman–Crippen LogP) is 2.86. The average molecular weight is 443 g/mol. The normalized spacial score (nSPS) is 17.7. The van der Waals surface area contributed by atoms with Crippen LogP contribution in [-0.2, 0) is 16.1 Å². The minimum atomic E-state index is -0.670. The van der Waals surface area contributed by atoms with Gasteiger partial charge in [-0.05, 0) is 65.2 Å². The van der Waals surface area contributed by atoms with Crippen LogP contribution >= 0.6 is 0 Å². The third-order valence-corrected chi connectivity index (χ3v) is 6.09. The molecule has 1 saturated heterocycles. The molecule has 0 aliphatic carbocycles. The molecular formula is C25H21N3O5. The van der Waals surface area contributed by atoms with Crippen LogP contribution in [0.5, 0.6) is 5.75 Å². The van der Waals surface area contributed by atoms with Gasteiger partial charge in [-0.15, -0.1) is 0 Å². The second-order valence-corrected chi connectivity index (χ2v) is 8.15. The van der Waals surface area contributed by atoms with Crippen LogP contribution in [0.2, 0.25) is 0 Å². The van der Waals surface area contributed by atoms with E-state index in [1.807, 2.05) is 30.3 Å². The molecule has 8 heteroatoms. The van der Waals surface area contributed by atoms with Gasteiger partial charge in [0.1, 0.15) is 11.8 Å². The van der Waals surface area contributed by atoms with Crippen LogP contribution in [-0.4, -0.2) is 41.7 Å². The number of methoxy groups -OCH3 is 1. The summed E-state index contributed by atoms with van der Waals surface area (Å²) in [6.07, 6.45) is 0.512. The highest BCUT2D eigenvalue weighted by molar-refractivity contribution is 6.08. The molecule has 0 spiro atoms. The largest absolute Gasteiger partial charge is 0.497 e. The fraction of sp³-hybridized carbons (Fsp3) is 0.200. The molecule has 1 atom stereocenters. The quantitative estimate of drug-likeness (QED) is 0.604. The molecule has 1 fully saturated rings. The molecule has 2 aliphatic rings. The second kappa shape index (κ2) is 8.05. The Morgan fingerprint density at radius 3 is 2.61 bits per heavy atom. The lowest BCUT2D eigenvalue weighted by molar-refractivity contribution is -0.136. The zero-order valence-corrected chi connectivity index (χ0v) is 17.9. The van der Waals surface area contributed by atoms with E-state index >= 15 is 0 Å². The molecular weight excluding hydrogens is 422 g/mol. The van der Waals surface area contributed by atoms with Crippen molar-refractivity contribution in [2.45, 2.75) is 25.4 Å². The van der Waals surface area contributed by atoms with Crippen molar-refractivity contribution in [2.75, 3.05) is 12.4 Å². The Labute approximate surface area is 189 Å². The molecule has 2 heterocycles. The van der Waals surface area contributed by atoms with E-state index in [9.17, 15) is 19.2 Å². The number of piperidine rings is 1. The first-order valence-electron chi connectivity index (χ1n) is 10.6. The summed E-state index contributed by atoms with van der Waals surface area (Å²) in [5.74, 6) is -0.534. The highest BCUT2D eigenvalue weighted by atomic mass is 16.5. The van der Waals surface area contributed by atoms with Gasteiger partial charge in [0, 0.05) is 29.8 Å². The number of imide groups is 1. The number of rotatable bonds is 4. The van der Waals surface area contributed by atoms with Gasteiger partial charge in [-0.1, -0.05) is 12.1 Å². The Hall–Kier alpha value is -4.20. The maximum absolute atomic E-state index is 12.8. The summed E-state index contributed by atoms with van der Waals surface area (Å²) in [5.41, 5.74) is 2.30. The number of hydrogen-bond acceptors (Lipinski definition) is 5. The highest BCUT2D eigenvalue weighted by Gasteiger charge is 2.39. The first-order chi connectivity index (χ1) is 15.9. The monoisotopic (exact) mass is 443 g/mol. The number of carbonyl (C=O) groups is 4. The van der Waals surface area contributed by atoms with Gasteiger partial charge in [0.15, 0.2) is 0 Å². The molecule has 2 N–H and O–H groups in total. The number of anilines is 1. The van der Waals surface area contributed by atoms with Crippen LogP contribution in [0.25, 0.3) is 10.8 Å². The van der Waals surface area contributed by atoms with Crippen molar-refractivity contribution in [3.05, 3.63) is 71.3 Å². The van der Waals surface area contributed by atoms with E-state index in [4.69, 9.17) is 4.74 Å². The van der Waals surface area contributed by atoms with Crippen LogP contribution in [0.4, 0.5) is 5.69 Å². The molecule has 3 aromatic rings. The topological polar surface area (TPSA) is 105 Å². The molecule has 0 bridgehead atoms. The smallest absolute Gasteiger partial charge is 0.255 e. The summed E-state index contributed by atoms with van der Waals surface area (Å²) in [4.78, 5) is 50.7. The van der Waals surface area contributed by atoms with Gasteiger partial charge in [0.2, 0.25) is 11.8 Å². The van der Waals surface area contributed by atoms with E-state index in [1.54, 1.807) is 31.4 Å². The van der Waals surface area contributed by atoms with E-state index in [0.717, 1.165) is 22.1 Å². The van der Waals surface area contributed by atoms with Gasteiger partial charge in [0.25, 0.3) is 11.8 Å². The van der Waals surface area contributed by atoms with Gasteiger partial charge >= 0.3 is 0 Å². The van der Waals surface area contributed by atoms with Crippen LogP contribution < -0.4 is 15.4 Å². The van der Waals surface area contributed by atoms with Gasteiger partial charge in [-0.25, -0.2) is 0 Å². The van der Waals surface area contributed by atoms with E-state index < -0.39 is 11.9 Å². The van der Waals surface area contributed by atoms with Crippen LogP contribution in [0.1, 0.15) is 39.1 Å². The highest BCUT2D eigenvalue weighted by Crippen LogP contribution is 2.30. The van der Waals surface area contributed by atoms with Gasteiger partial charge < -0.3 is 15.0 Å². The molecule has 8 nitrogen and oxygen atoms in total. The molecule has 0 saturated carbocycles. The van der Waals surface area contributed by atoms with Crippen LogP contribution in [0.15, 0.2) is 54.6 Å². The van der Waals surface area contributed by atoms with Crippen LogP contribution in [0, 0.1) is 0 Å². The summed E-state index contributed by atoms with van der Waals surface area (Å²) >= 11 is 0. The van der Waals surface area contributed by atoms with Gasteiger partial charge in [-0.2, -0.15) is 0 Å². The number of hydrogen-bond donors (Lipinski definition) is 2. The Bertz CT molecular complexity index is 1330. The molecule has 4 amide bonds. The van der Waals surface area contributed by atoms with E-state index in [0.29, 0.717) is 23.2 Å². The number of ether oxygens (including phenoxy) is 1. The fourth-order valence-electron chi connectivity index (χ4n) is 4.35.